The van der Waals surface area contributed by atoms with Crippen molar-refractivity contribution in [1.82, 2.24) is 24.6 Å². The Balaban J connectivity index is 1.40. The van der Waals surface area contributed by atoms with E-state index in [-0.39, 0.29) is 11.9 Å². The van der Waals surface area contributed by atoms with Crippen molar-refractivity contribution in [2.24, 2.45) is 0 Å². The van der Waals surface area contributed by atoms with Gasteiger partial charge in [0.1, 0.15) is 10.7 Å². The van der Waals surface area contributed by atoms with Crippen molar-refractivity contribution in [3.63, 3.8) is 0 Å². The molecule has 0 bridgehead atoms. The van der Waals surface area contributed by atoms with Crippen molar-refractivity contribution in [2.45, 2.75) is 31.7 Å². The van der Waals surface area contributed by atoms with E-state index in [1.54, 1.807) is 18.6 Å². The van der Waals surface area contributed by atoms with Crippen LogP contribution in [0.4, 0.5) is 0 Å². The van der Waals surface area contributed by atoms with Gasteiger partial charge in [0.2, 0.25) is 0 Å². The fourth-order valence-electron chi connectivity index (χ4n) is 4.09. The smallest absolute Gasteiger partial charge is 0.273 e. The second-order valence-corrected chi connectivity index (χ2v) is 8.55. The van der Waals surface area contributed by atoms with Gasteiger partial charge >= 0.3 is 0 Å². The fourth-order valence-corrected chi connectivity index (χ4v) is 4.86. The predicted octanol–water partition coefficient (Wildman–Crippen LogP) is 5.15. The molecule has 1 fully saturated rings. The van der Waals surface area contributed by atoms with Crippen LogP contribution in [0.25, 0.3) is 16.3 Å². The molecule has 31 heavy (non-hydrogen) atoms. The maximum absolute atomic E-state index is 13.4. The summed E-state index contributed by atoms with van der Waals surface area (Å²) < 4.78 is 1.83. The molecule has 4 aromatic rings. The third-order valence-corrected chi connectivity index (χ3v) is 6.57. The number of rotatable bonds is 4. The van der Waals surface area contributed by atoms with Gasteiger partial charge in [-0.3, -0.25) is 9.78 Å². The first-order valence-electron chi connectivity index (χ1n) is 10.6. The highest BCUT2D eigenvalue weighted by molar-refractivity contribution is 7.13. The molecule has 1 amide bonds. The molecule has 0 aliphatic carbocycles. The van der Waals surface area contributed by atoms with Gasteiger partial charge in [0.25, 0.3) is 5.91 Å². The third-order valence-electron chi connectivity index (χ3n) is 5.68. The molecule has 1 saturated heterocycles. The molecule has 3 aromatic heterocycles. The lowest BCUT2D eigenvalue weighted by molar-refractivity contribution is 0.0675. The van der Waals surface area contributed by atoms with Gasteiger partial charge in [-0.2, -0.15) is 5.10 Å². The second-order valence-electron chi connectivity index (χ2n) is 7.69. The highest BCUT2D eigenvalue weighted by Gasteiger charge is 2.29. The van der Waals surface area contributed by atoms with Crippen molar-refractivity contribution < 1.29 is 4.79 Å². The van der Waals surface area contributed by atoms with Gasteiger partial charge in [0, 0.05) is 36.1 Å². The zero-order chi connectivity index (χ0) is 21.0. The summed E-state index contributed by atoms with van der Waals surface area (Å²) in [5.41, 5.74) is 3.55. The van der Waals surface area contributed by atoms with E-state index in [1.807, 2.05) is 63.6 Å². The number of para-hydroxylation sites is 1. The summed E-state index contributed by atoms with van der Waals surface area (Å²) in [6.45, 7) is 0.755. The Labute approximate surface area is 185 Å². The van der Waals surface area contributed by atoms with Crippen molar-refractivity contribution >= 4 is 17.2 Å². The Morgan fingerprint density at radius 2 is 1.87 bits per heavy atom. The van der Waals surface area contributed by atoms with Crippen LogP contribution >= 0.6 is 11.3 Å². The number of pyridine rings is 1. The number of carbonyl (C=O) groups excluding carboxylic acids is 1. The zero-order valence-corrected chi connectivity index (χ0v) is 17.9. The number of benzene rings is 1. The molecule has 0 saturated carbocycles. The van der Waals surface area contributed by atoms with Crippen molar-refractivity contribution in [3.8, 4) is 16.3 Å². The van der Waals surface area contributed by atoms with E-state index < -0.39 is 0 Å². The van der Waals surface area contributed by atoms with Crippen LogP contribution in [-0.4, -0.2) is 37.1 Å². The molecule has 1 aliphatic heterocycles. The summed E-state index contributed by atoms with van der Waals surface area (Å²) in [6, 6.07) is 14.1. The molecule has 0 N–H and O–H groups in total. The van der Waals surface area contributed by atoms with Crippen LogP contribution in [-0.2, 0) is 0 Å². The van der Waals surface area contributed by atoms with Crippen LogP contribution in [0.3, 0.4) is 0 Å². The number of aromatic nitrogens is 4. The van der Waals surface area contributed by atoms with Crippen LogP contribution in [0.1, 0.15) is 47.8 Å². The van der Waals surface area contributed by atoms with E-state index in [0.717, 1.165) is 54.0 Å². The average Bonchev–Trinajstić information content (AvgIpc) is 3.45. The average molecular weight is 430 g/mol. The molecule has 1 aliphatic rings. The molecule has 6 nitrogen and oxygen atoms in total. The number of hydrogen-bond acceptors (Lipinski definition) is 5. The fraction of sp³-hybridized carbons (Fsp3) is 0.250. The van der Waals surface area contributed by atoms with Crippen LogP contribution in [0.15, 0.2) is 72.6 Å². The summed E-state index contributed by atoms with van der Waals surface area (Å²) in [5, 5.41) is 7.13. The molecule has 0 radical (unpaired) electrons. The van der Waals surface area contributed by atoms with E-state index in [2.05, 4.69) is 15.1 Å². The number of hydrogen-bond donors (Lipinski definition) is 0. The summed E-state index contributed by atoms with van der Waals surface area (Å²) in [4.78, 5) is 24.2. The van der Waals surface area contributed by atoms with Crippen LogP contribution in [0.2, 0.25) is 0 Å². The maximum atomic E-state index is 13.4. The van der Waals surface area contributed by atoms with Gasteiger partial charge in [-0.1, -0.05) is 31.0 Å². The summed E-state index contributed by atoms with van der Waals surface area (Å²) in [5.74, 6) is 0.00154. The number of likely N-dealkylation sites (tertiary alicyclic amines) is 1. The standard InChI is InChI=1S/C24H23N5OS/c30-24(28-14-6-2-5-9-22(28)18-10-12-25-13-11-18)21-17-31-23(27-21)19-15-26-29(16-19)20-7-3-1-4-8-20/h1,3-4,7-8,10-13,15-17,22H,2,5-6,9,14H2. The van der Waals surface area contributed by atoms with Crippen molar-refractivity contribution in [2.75, 3.05) is 6.54 Å². The van der Waals surface area contributed by atoms with E-state index in [9.17, 15) is 4.79 Å². The lowest BCUT2D eigenvalue weighted by Crippen LogP contribution is -2.35. The highest BCUT2D eigenvalue weighted by atomic mass is 32.1. The molecule has 1 atom stereocenters. The number of amides is 1. The van der Waals surface area contributed by atoms with Gasteiger partial charge in [-0.25, -0.2) is 9.67 Å². The molecule has 5 rings (SSSR count). The van der Waals surface area contributed by atoms with Gasteiger partial charge in [-0.05, 0) is 42.7 Å². The van der Waals surface area contributed by atoms with Crippen LogP contribution in [0.5, 0.6) is 0 Å². The largest absolute Gasteiger partial charge is 0.330 e. The van der Waals surface area contributed by atoms with Gasteiger partial charge in [0.05, 0.1) is 17.9 Å². The summed E-state index contributed by atoms with van der Waals surface area (Å²) >= 11 is 1.48. The third kappa shape index (κ3) is 4.14. The lowest BCUT2D eigenvalue weighted by Gasteiger charge is -2.29. The minimum Gasteiger partial charge on any atom is -0.330 e. The van der Waals surface area contributed by atoms with Gasteiger partial charge < -0.3 is 4.90 Å². The minimum atomic E-state index is 0.00154. The second kappa shape index (κ2) is 8.81. The van der Waals surface area contributed by atoms with E-state index >= 15 is 0 Å². The molecular formula is C24H23N5OS. The maximum Gasteiger partial charge on any atom is 0.273 e. The number of nitrogens with zero attached hydrogens (tertiary/aromatic N) is 5. The quantitative estimate of drug-likeness (QED) is 0.450. The Kier molecular flexibility index (Phi) is 5.58. The van der Waals surface area contributed by atoms with Crippen molar-refractivity contribution in [3.05, 3.63) is 83.9 Å². The molecule has 1 unspecified atom stereocenters. The molecule has 7 heteroatoms. The summed E-state index contributed by atoms with van der Waals surface area (Å²) in [6.07, 6.45) is 11.6. The molecule has 4 heterocycles. The van der Waals surface area contributed by atoms with E-state index in [0.29, 0.717) is 5.69 Å². The predicted molar refractivity (Wildman–Crippen MR) is 121 cm³/mol. The Morgan fingerprint density at radius 3 is 2.71 bits per heavy atom. The van der Waals surface area contributed by atoms with Gasteiger partial charge in [0.15, 0.2) is 0 Å². The topological polar surface area (TPSA) is 63.9 Å². The first-order chi connectivity index (χ1) is 15.3. The van der Waals surface area contributed by atoms with Crippen LogP contribution in [0, 0.1) is 0 Å². The Bertz CT molecular complexity index is 1150. The molecule has 1 aromatic carbocycles. The van der Waals surface area contributed by atoms with Crippen LogP contribution < -0.4 is 0 Å². The SMILES string of the molecule is O=C(c1csc(-c2cnn(-c3ccccc3)c2)n1)N1CCCCCC1c1ccncc1. The van der Waals surface area contributed by atoms with E-state index in [1.165, 1.54) is 11.3 Å². The Morgan fingerprint density at radius 1 is 1.03 bits per heavy atom. The number of carbonyl (C=O) groups is 1. The molecular weight excluding hydrogens is 406 g/mol. The Hall–Kier alpha value is -3.32. The summed E-state index contributed by atoms with van der Waals surface area (Å²) in [7, 11) is 0. The van der Waals surface area contributed by atoms with Gasteiger partial charge in [-0.15, -0.1) is 11.3 Å². The first kappa shape index (κ1) is 19.6. The van der Waals surface area contributed by atoms with Crippen molar-refractivity contribution in [1.29, 1.82) is 0 Å². The lowest BCUT2D eigenvalue weighted by atomic mass is 10.0. The molecule has 156 valence electrons. The first-order valence-corrected chi connectivity index (χ1v) is 11.4. The minimum absolute atomic E-state index is 0.00154. The normalized spacial score (nSPS) is 16.8. The van der Waals surface area contributed by atoms with E-state index in [4.69, 9.17) is 0 Å². The molecule has 0 spiro atoms. The zero-order valence-electron chi connectivity index (χ0n) is 17.1. The number of thiazole rings is 1. The monoisotopic (exact) mass is 429 g/mol. The highest BCUT2D eigenvalue weighted by Crippen LogP contribution is 2.32.